The molecule has 2 aromatic carbocycles. The van der Waals surface area contributed by atoms with Crippen LogP contribution >= 0.6 is 0 Å². The number of aromatic nitrogens is 4. The molecule has 2 aliphatic heterocycles. The van der Waals surface area contributed by atoms with Gasteiger partial charge in [0.2, 0.25) is 0 Å². The summed E-state index contributed by atoms with van der Waals surface area (Å²) < 4.78 is 10.5. The monoisotopic (exact) mass is 492 g/mol. The van der Waals surface area contributed by atoms with Crippen molar-refractivity contribution in [3.63, 3.8) is 0 Å². The van der Waals surface area contributed by atoms with Crippen molar-refractivity contribution in [1.29, 1.82) is 0 Å². The number of imidazole rings is 1. The molecule has 0 bridgehead atoms. The van der Waals surface area contributed by atoms with Crippen LogP contribution in [0.25, 0.3) is 33.2 Å². The van der Waals surface area contributed by atoms with Gasteiger partial charge in [0.1, 0.15) is 0 Å². The third kappa shape index (κ3) is 3.56. The highest BCUT2D eigenvalue weighted by Gasteiger charge is 2.31. The average molecular weight is 493 g/mol. The minimum atomic E-state index is 0.188. The molecule has 1 atom stereocenters. The number of rotatable bonds is 4. The van der Waals surface area contributed by atoms with Crippen molar-refractivity contribution in [2.45, 2.75) is 32.4 Å². The van der Waals surface area contributed by atoms with Crippen LogP contribution in [-0.2, 0) is 18.3 Å². The molecule has 2 aliphatic rings. The van der Waals surface area contributed by atoms with Crippen LogP contribution < -0.4 is 10.4 Å². The lowest BCUT2D eigenvalue weighted by atomic mass is 9.86. The van der Waals surface area contributed by atoms with Gasteiger partial charge in [0.05, 0.1) is 46.0 Å². The van der Waals surface area contributed by atoms with Gasteiger partial charge in [0.15, 0.2) is 0 Å². The maximum atomic E-state index is 5.80. The molecule has 5 aromatic rings. The van der Waals surface area contributed by atoms with Gasteiger partial charge in [-0.25, -0.2) is 10.4 Å². The molecule has 0 unspecified atom stereocenters. The number of benzene rings is 2. The number of aryl methyl sites for hydroxylation is 2. The Morgan fingerprint density at radius 2 is 1.81 bits per heavy atom. The predicted octanol–water partition coefficient (Wildman–Crippen LogP) is 5.37. The Morgan fingerprint density at radius 1 is 1.00 bits per heavy atom. The van der Waals surface area contributed by atoms with E-state index in [0.717, 1.165) is 55.1 Å². The van der Waals surface area contributed by atoms with Gasteiger partial charge < -0.3 is 18.9 Å². The van der Waals surface area contributed by atoms with Crippen molar-refractivity contribution in [2.24, 2.45) is 13.0 Å². The van der Waals surface area contributed by atoms with E-state index in [0.29, 0.717) is 5.92 Å². The summed E-state index contributed by atoms with van der Waals surface area (Å²) in [5.41, 5.74) is 14.0. The third-order valence-corrected chi connectivity index (χ3v) is 8.23. The highest BCUT2D eigenvalue weighted by Crippen LogP contribution is 2.43. The van der Waals surface area contributed by atoms with Gasteiger partial charge in [-0.15, -0.1) is 0 Å². The van der Waals surface area contributed by atoms with Gasteiger partial charge >= 0.3 is 0 Å². The lowest BCUT2D eigenvalue weighted by Crippen LogP contribution is -2.27. The standard InChI is InChI=1S/C30H32N6O/c1-19-29(34(2)18-32-19)23-14-27-28(31-16-23)24-13-22-17-33-35(3)25(22)15-26(24)36(27)30(20-7-5-4-6-8-20)21-9-11-37-12-10-21/h4-8,13-16,18,21,30,33H,9-12,17H2,1-3H3/t30-/m1/s1. The quantitative estimate of drug-likeness (QED) is 0.366. The lowest BCUT2D eigenvalue weighted by molar-refractivity contribution is 0.0553. The number of hydrogen-bond acceptors (Lipinski definition) is 5. The molecule has 0 amide bonds. The summed E-state index contributed by atoms with van der Waals surface area (Å²) in [5.74, 6) is 0.473. The Balaban J connectivity index is 1.56. The van der Waals surface area contributed by atoms with Crippen LogP contribution in [0.15, 0.2) is 61.1 Å². The number of nitrogens with zero attached hydrogens (tertiary/aromatic N) is 5. The number of hydrazine groups is 1. The zero-order valence-corrected chi connectivity index (χ0v) is 21.6. The van der Waals surface area contributed by atoms with E-state index >= 15 is 0 Å². The molecule has 7 nitrogen and oxygen atoms in total. The second-order valence-corrected chi connectivity index (χ2v) is 10.4. The molecule has 7 rings (SSSR count). The smallest absolute Gasteiger partial charge is 0.0960 e. The largest absolute Gasteiger partial charge is 0.381 e. The summed E-state index contributed by atoms with van der Waals surface area (Å²) in [6.45, 7) is 4.52. The summed E-state index contributed by atoms with van der Waals surface area (Å²) in [5, 5.41) is 3.35. The van der Waals surface area contributed by atoms with Gasteiger partial charge in [-0.2, -0.15) is 0 Å². The summed E-state index contributed by atoms with van der Waals surface area (Å²) >= 11 is 0. The highest BCUT2D eigenvalue weighted by molar-refractivity contribution is 6.08. The molecule has 37 heavy (non-hydrogen) atoms. The summed E-state index contributed by atoms with van der Waals surface area (Å²) in [7, 11) is 4.15. The first-order valence-electron chi connectivity index (χ1n) is 13.1. The van der Waals surface area contributed by atoms with Crippen LogP contribution in [0, 0.1) is 12.8 Å². The molecule has 0 spiro atoms. The second-order valence-electron chi connectivity index (χ2n) is 10.4. The molecule has 0 saturated carbocycles. The maximum absolute atomic E-state index is 5.80. The minimum Gasteiger partial charge on any atom is -0.381 e. The van der Waals surface area contributed by atoms with Crippen LogP contribution in [0.1, 0.15) is 35.7 Å². The first-order valence-corrected chi connectivity index (χ1v) is 13.1. The molecule has 3 aromatic heterocycles. The molecule has 5 heterocycles. The van der Waals surface area contributed by atoms with E-state index in [1.807, 2.05) is 12.5 Å². The fourth-order valence-electron chi connectivity index (χ4n) is 6.43. The summed E-state index contributed by atoms with van der Waals surface area (Å²) in [6.07, 6.45) is 5.98. The normalized spacial score (nSPS) is 17.1. The SMILES string of the molecule is Cc1ncn(C)c1-c1cnc2c3cc4c(cc3n([C@H](c3ccccc3)C3CCOCC3)c2c1)N(C)NC4. The number of ether oxygens (including phenoxy) is 1. The van der Waals surface area contributed by atoms with Crippen LogP contribution in [0.2, 0.25) is 0 Å². The molecular weight excluding hydrogens is 460 g/mol. The molecule has 1 saturated heterocycles. The molecular formula is C30H32N6O. The maximum Gasteiger partial charge on any atom is 0.0960 e. The van der Waals surface area contributed by atoms with Crippen LogP contribution in [-0.4, -0.2) is 39.4 Å². The fraction of sp³-hybridized carbons (Fsp3) is 0.333. The van der Waals surface area contributed by atoms with Crippen LogP contribution in [0.5, 0.6) is 0 Å². The Morgan fingerprint density at radius 3 is 2.57 bits per heavy atom. The summed E-state index contributed by atoms with van der Waals surface area (Å²) in [4.78, 5) is 9.66. The van der Waals surface area contributed by atoms with Crippen molar-refractivity contribution in [3.05, 3.63) is 77.9 Å². The Labute approximate surface area is 216 Å². The topological polar surface area (TPSA) is 60.1 Å². The van der Waals surface area contributed by atoms with Gasteiger partial charge in [-0.3, -0.25) is 4.98 Å². The fourth-order valence-corrected chi connectivity index (χ4v) is 6.43. The van der Waals surface area contributed by atoms with Crippen molar-refractivity contribution in [3.8, 4) is 11.3 Å². The molecule has 0 radical (unpaired) electrons. The van der Waals surface area contributed by atoms with Crippen molar-refractivity contribution in [1.82, 2.24) is 24.5 Å². The first-order chi connectivity index (χ1) is 18.1. The Kier molecular flexibility index (Phi) is 5.30. The number of anilines is 1. The van der Waals surface area contributed by atoms with E-state index in [1.165, 1.54) is 33.2 Å². The molecule has 188 valence electrons. The highest BCUT2D eigenvalue weighted by atomic mass is 16.5. The minimum absolute atomic E-state index is 0.188. The average Bonchev–Trinajstić information content (AvgIpc) is 3.57. The summed E-state index contributed by atoms with van der Waals surface area (Å²) in [6, 6.07) is 18.2. The third-order valence-electron chi connectivity index (χ3n) is 8.23. The van der Waals surface area contributed by atoms with Gasteiger partial charge in [-0.1, -0.05) is 30.3 Å². The molecule has 0 aliphatic carbocycles. The van der Waals surface area contributed by atoms with Gasteiger partial charge in [0, 0.05) is 51.0 Å². The number of fused-ring (bicyclic) bond motifs is 4. The zero-order chi connectivity index (χ0) is 25.1. The van der Waals surface area contributed by atoms with Crippen molar-refractivity contribution >= 4 is 27.6 Å². The van der Waals surface area contributed by atoms with Gasteiger partial charge in [-0.05, 0) is 55.0 Å². The van der Waals surface area contributed by atoms with Crippen LogP contribution in [0.4, 0.5) is 5.69 Å². The zero-order valence-electron chi connectivity index (χ0n) is 21.6. The Bertz CT molecular complexity index is 1590. The number of nitrogens with one attached hydrogen (secondary N) is 1. The molecule has 1 fully saturated rings. The van der Waals surface area contributed by atoms with Crippen LogP contribution in [0.3, 0.4) is 0 Å². The predicted molar refractivity (Wildman–Crippen MR) is 148 cm³/mol. The lowest BCUT2D eigenvalue weighted by Gasteiger charge is -2.33. The van der Waals surface area contributed by atoms with E-state index in [-0.39, 0.29) is 6.04 Å². The van der Waals surface area contributed by atoms with Crippen molar-refractivity contribution in [2.75, 3.05) is 25.3 Å². The van der Waals surface area contributed by atoms with E-state index in [4.69, 9.17) is 9.72 Å². The van der Waals surface area contributed by atoms with E-state index < -0.39 is 0 Å². The van der Waals surface area contributed by atoms with E-state index in [9.17, 15) is 0 Å². The second kappa shape index (κ2) is 8.71. The Hall–Kier alpha value is -3.68. The first kappa shape index (κ1) is 22.5. The van der Waals surface area contributed by atoms with E-state index in [1.54, 1.807) is 0 Å². The molecule has 1 N–H and O–H groups in total. The van der Waals surface area contributed by atoms with E-state index in [2.05, 4.69) is 94.1 Å². The number of pyridine rings is 1. The molecule has 7 heteroatoms. The number of hydrogen-bond donors (Lipinski definition) is 1. The van der Waals surface area contributed by atoms with Gasteiger partial charge in [0.25, 0.3) is 0 Å². The van der Waals surface area contributed by atoms with Crippen molar-refractivity contribution < 1.29 is 4.74 Å².